The van der Waals surface area contributed by atoms with Crippen molar-refractivity contribution in [3.63, 3.8) is 0 Å². The van der Waals surface area contributed by atoms with Crippen molar-refractivity contribution >= 4 is 15.9 Å². The molecule has 0 bridgehead atoms. The zero-order chi connectivity index (χ0) is 13.2. The summed E-state index contributed by atoms with van der Waals surface area (Å²) in [5.74, 6) is 0.815. The SMILES string of the molecule is CCOCOc1ccc(Br)c(CNCCOC)c1. The molecule has 0 atom stereocenters. The van der Waals surface area contributed by atoms with Gasteiger partial charge in [-0.25, -0.2) is 0 Å². The van der Waals surface area contributed by atoms with E-state index in [0.29, 0.717) is 13.2 Å². The van der Waals surface area contributed by atoms with Crippen LogP contribution in [0.4, 0.5) is 0 Å². The molecule has 18 heavy (non-hydrogen) atoms. The van der Waals surface area contributed by atoms with E-state index in [9.17, 15) is 0 Å². The molecule has 0 saturated heterocycles. The van der Waals surface area contributed by atoms with E-state index in [2.05, 4.69) is 21.2 Å². The molecule has 0 aliphatic carbocycles. The Balaban J connectivity index is 2.46. The molecular formula is C13H20BrNO3. The summed E-state index contributed by atoms with van der Waals surface area (Å²) in [6, 6.07) is 5.90. The standard InChI is InChI=1S/C13H20BrNO3/c1-3-17-10-18-12-4-5-13(14)11(8-12)9-15-6-7-16-2/h4-5,8,15H,3,6-7,9-10H2,1-2H3. The molecule has 0 fully saturated rings. The smallest absolute Gasteiger partial charge is 0.189 e. The van der Waals surface area contributed by atoms with Crippen LogP contribution >= 0.6 is 15.9 Å². The van der Waals surface area contributed by atoms with E-state index in [4.69, 9.17) is 14.2 Å². The van der Waals surface area contributed by atoms with Gasteiger partial charge in [0.2, 0.25) is 0 Å². The zero-order valence-electron chi connectivity index (χ0n) is 10.9. The van der Waals surface area contributed by atoms with Gasteiger partial charge in [0.1, 0.15) is 5.75 Å². The number of hydrogen-bond acceptors (Lipinski definition) is 4. The van der Waals surface area contributed by atoms with Crippen LogP contribution in [0.1, 0.15) is 12.5 Å². The molecule has 4 nitrogen and oxygen atoms in total. The molecule has 0 spiro atoms. The molecule has 5 heteroatoms. The predicted molar refractivity (Wildman–Crippen MR) is 74.8 cm³/mol. The highest BCUT2D eigenvalue weighted by atomic mass is 79.9. The molecule has 1 rings (SSSR count). The first kappa shape index (κ1) is 15.4. The first-order valence-electron chi connectivity index (χ1n) is 5.96. The van der Waals surface area contributed by atoms with Crippen LogP contribution in [0.2, 0.25) is 0 Å². The Kier molecular flexibility index (Phi) is 8.00. The third-order valence-corrected chi connectivity index (χ3v) is 3.10. The second kappa shape index (κ2) is 9.33. The van der Waals surface area contributed by atoms with E-state index in [1.807, 2.05) is 25.1 Å². The molecule has 0 unspecified atom stereocenters. The Bertz CT molecular complexity index is 347. The largest absolute Gasteiger partial charge is 0.468 e. The van der Waals surface area contributed by atoms with Crippen molar-refractivity contribution in [3.05, 3.63) is 28.2 Å². The highest BCUT2D eigenvalue weighted by Gasteiger charge is 2.02. The third-order valence-electron chi connectivity index (χ3n) is 2.33. The van der Waals surface area contributed by atoms with Gasteiger partial charge in [-0.3, -0.25) is 0 Å². The summed E-state index contributed by atoms with van der Waals surface area (Å²) in [6.07, 6.45) is 0. The van der Waals surface area contributed by atoms with Crippen molar-refractivity contribution in [2.45, 2.75) is 13.5 Å². The quantitative estimate of drug-likeness (QED) is 0.561. The van der Waals surface area contributed by atoms with Crippen LogP contribution < -0.4 is 10.1 Å². The van der Waals surface area contributed by atoms with E-state index in [1.165, 1.54) is 0 Å². The van der Waals surface area contributed by atoms with Gasteiger partial charge in [0, 0.05) is 31.3 Å². The molecule has 0 aliphatic heterocycles. The lowest BCUT2D eigenvalue weighted by molar-refractivity contribution is 0.0223. The number of nitrogens with one attached hydrogen (secondary N) is 1. The maximum atomic E-state index is 5.47. The first-order chi connectivity index (χ1) is 8.77. The Labute approximate surface area is 117 Å². The number of rotatable bonds is 9. The van der Waals surface area contributed by atoms with E-state index in [-0.39, 0.29) is 6.79 Å². The second-order valence-electron chi connectivity index (χ2n) is 3.68. The summed E-state index contributed by atoms with van der Waals surface area (Å²) < 4.78 is 16.7. The summed E-state index contributed by atoms with van der Waals surface area (Å²) in [4.78, 5) is 0. The third kappa shape index (κ3) is 5.82. The Morgan fingerprint density at radius 1 is 1.33 bits per heavy atom. The van der Waals surface area contributed by atoms with E-state index < -0.39 is 0 Å². The summed E-state index contributed by atoms with van der Waals surface area (Å²) in [5.41, 5.74) is 1.15. The lowest BCUT2D eigenvalue weighted by Crippen LogP contribution is -2.18. The van der Waals surface area contributed by atoms with E-state index in [1.54, 1.807) is 7.11 Å². The number of methoxy groups -OCH3 is 1. The molecule has 1 aromatic carbocycles. The van der Waals surface area contributed by atoms with Gasteiger partial charge in [-0.1, -0.05) is 15.9 Å². The highest BCUT2D eigenvalue weighted by Crippen LogP contribution is 2.22. The van der Waals surface area contributed by atoms with Gasteiger partial charge >= 0.3 is 0 Å². The van der Waals surface area contributed by atoms with Gasteiger partial charge in [0.05, 0.1) is 6.61 Å². The fourth-order valence-corrected chi connectivity index (χ4v) is 1.75. The summed E-state index contributed by atoms with van der Waals surface area (Å²) >= 11 is 3.52. The molecule has 1 N–H and O–H groups in total. The normalized spacial score (nSPS) is 10.6. The summed E-state index contributed by atoms with van der Waals surface area (Å²) in [6.45, 7) is 5.19. The van der Waals surface area contributed by atoms with Crippen LogP contribution in [0.15, 0.2) is 22.7 Å². The molecule has 102 valence electrons. The Morgan fingerprint density at radius 3 is 2.89 bits per heavy atom. The van der Waals surface area contributed by atoms with Gasteiger partial charge in [0.15, 0.2) is 6.79 Å². The molecule has 0 saturated carbocycles. The zero-order valence-corrected chi connectivity index (χ0v) is 12.5. The maximum Gasteiger partial charge on any atom is 0.189 e. The Hall–Kier alpha value is -0.620. The maximum absolute atomic E-state index is 5.47. The number of hydrogen-bond donors (Lipinski definition) is 1. The lowest BCUT2D eigenvalue weighted by Gasteiger charge is -2.10. The second-order valence-corrected chi connectivity index (χ2v) is 4.53. The van der Waals surface area contributed by atoms with Gasteiger partial charge in [-0.15, -0.1) is 0 Å². The number of ether oxygens (including phenoxy) is 3. The Morgan fingerprint density at radius 2 is 2.17 bits per heavy atom. The summed E-state index contributed by atoms with van der Waals surface area (Å²) in [5, 5.41) is 3.30. The topological polar surface area (TPSA) is 39.7 Å². The first-order valence-corrected chi connectivity index (χ1v) is 6.75. The van der Waals surface area contributed by atoms with Crippen LogP contribution in [0.3, 0.4) is 0 Å². The minimum Gasteiger partial charge on any atom is -0.468 e. The lowest BCUT2D eigenvalue weighted by atomic mass is 10.2. The van der Waals surface area contributed by atoms with Crippen molar-refractivity contribution in [2.24, 2.45) is 0 Å². The molecule has 0 aromatic heterocycles. The van der Waals surface area contributed by atoms with Crippen LogP contribution in [0.5, 0.6) is 5.75 Å². The van der Waals surface area contributed by atoms with Crippen molar-refractivity contribution < 1.29 is 14.2 Å². The average Bonchev–Trinajstić information content (AvgIpc) is 2.38. The van der Waals surface area contributed by atoms with Crippen LogP contribution in [0.25, 0.3) is 0 Å². The van der Waals surface area contributed by atoms with Crippen LogP contribution in [-0.2, 0) is 16.0 Å². The van der Waals surface area contributed by atoms with Crippen LogP contribution in [-0.4, -0.2) is 33.7 Å². The molecule has 0 amide bonds. The minimum atomic E-state index is 0.286. The van der Waals surface area contributed by atoms with Crippen molar-refractivity contribution in [1.29, 1.82) is 0 Å². The fraction of sp³-hybridized carbons (Fsp3) is 0.538. The van der Waals surface area contributed by atoms with Gasteiger partial charge in [-0.05, 0) is 30.7 Å². The van der Waals surface area contributed by atoms with Gasteiger partial charge < -0.3 is 19.5 Å². The van der Waals surface area contributed by atoms with Gasteiger partial charge in [0.25, 0.3) is 0 Å². The monoisotopic (exact) mass is 317 g/mol. The molecular weight excluding hydrogens is 298 g/mol. The minimum absolute atomic E-state index is 0.286. The van der Waals surface area contributed by atoms with Crippen molar-refractivity contribution in [2.75, 3.05) is 33.7 Å². The highest BCUT2D eigenvalue weighted by molar-refractivity contribution is 9.10. The fourth-order valence-electron chi connectivity index (χ4n) is 1.37. The van der Waals surface area contributed by atoms with Crippen molar-refractivity contribution in [3.8, 4) is 5.75 Å². The molecule has 0 aliphatic rings. The molecule has 1 aromatic rings. The van der Waals surface area contributed by atoms with E-state index >= 15 is 0 Å². The number of benzene rings is 1. The van der Waals surface area contributed by atoms with Crippen molar-refractivity contribution in [1.82, 2.24) is 5.32 Å². The van der Waals surface area contributed by atoms with Gasteiger partial charge in [-0.2, -0.15) is 0 Å². The average molecular weight is 318 g/mol. The molecule has 0 heterocycles. The predicted octanol–water partition coefficient (Wildman–Crippen LogP) is 2.56. The van der Waals surface area contributed by atoms with Crippen LogP contribution in [0, 0.1) is 0 Å². The number of halogens is 1. The molecule has 0 radical (unpaired) electrons. The summed E-state index contributed by atoms with van der Waals surface area (Å²) in [7, 11) is 1.69. The van der Waals surface area contributed by atoms with E-state index in [0.717, 1.165) is 28.9 Å².